The van der Waals surface area contributed by atoms with E-state index >= 15 is 0 Å². The first kappa shape index (κ1) is 50.7. The van der Waals surface area contributed by atoms with Crippen LogP contribution in [0.25, 0.3) is 0 Å². The summed E-state index contributed by atoms with van der Waals surface area (Å²) >= 11 is 0. The Balaban J connectivity index is 2.37. The topological polar surface area (TPSA) is 152 Å². The molecule has 0 aromatic rings. The highest BCUT2D eigenvalue weighted by atomic mass is 16.7. The standard InChI is InChI=1S/C45H78O10/c1-3-5-7-9-11-13-15-17-19-21-23-25-27-29-31-33-40(47)52-36-38(37-53-45-44(51)43(50)42(49)39(35-46)55-45)54-41(48)34-32-30-28-26-24-22-20-18-16-14-12-10-8-6-4-2/h6,8,12,14,18,20-21,23,38-39,42-46,49-51H,3-5,7,9-11,13,15-17,19,22,24-37H2,1-2H3/b8-6+,14-12+,20-18+,23-21+/t38-,39-,42+,43?,44?,45-/m0/s1. The number of allylic oxidation sites excluding steroid dienone is 8. The summed E-state index contributed by atoms with van der Waals surface area (Å²) in [4.78, 5) is 25.3. The SMILES string of the molecule is CC/C=C/C/C=C/C/C=C/CCCCCCCC(=O)O[C@@H](COC(=O)CCCCC/C=C/CCCCCCCCCC)CO[C@H]1O[C@@H](CO)[C@@H](O)C(O)C1O. The van der Waals surface area contributed by atoms with Gasteiger partial charge in [-0.05, 0) is 70.6 Å². The molecule has 1 aliphatic heterocycles. The Morgan fingerprint density at radius 1 is 0.582 bits per heavy atom. The van der Waals surface area contributed by atoms with Gasteiger partial charge < -0.3 is 39.4 Å². The van der Waals surface area contributed by atoms with E-state index in [0.717, 1.165) is 77.0 Å². The lowest BCUT2D eigenvalue weighted by atomic mass is 9.99. The molecule has 0 saturated carbocycles. The second-order valence-electron chi connectivity index (χ2n) is 14.8. The Morgan fingerprint density at radius 2 is 1.07 bits per heavy atom. The second-order valence-corrected chi connectivity index (χ2v) is 14.8. The van der Waals surface area contributed by atoms with Crippen LogP contribution in [0, 0.1) is 0 Å². The zero-order chi connectivity index (χ0) is 40.2. The fourth-order valence-electron chi connectivity index (χ4n) is 6.25. The molecule has 1 aliphatic rings. The minimum Gasteiger partial charge on any atom is -0.462 e. The maximum absolute atomic E-state index is 12.7. The van der Waals surface area contributed by atoms with Gasteiger partial charge >= 0.3 is 11.9 Å². The fraction of sp³-hybridized carbons (Fsp3) is 0.778. The third-order valence-electron chi connectivity index (χ3n) is 9.70. The van der Waals surface area contributed by atoms with E-state index in [1.54, 1.807) is 0 Å². The van der Waals surface area contributed by atoms with Gasteiger partial charge in [0.15, 0.2) is 12.4 Å². The zero-order valence-electron chi connectivity index (χ0n) is 34.4. The van der Waals surface area contributed by atoms with Crippen LogP contribution in [0.3, 0.4) is 0 Å². The molecule has 0 radical (unpaired) electrons. The Bertz CT molecular complexity index is 1040. The Labute approximate surface area is 333 Å². The van der Waals surface area contributed by atoms with Crippen molar-refractivity contribution >= 4 is 11.9 Å². The van der Waals surface area contributed by atoms with Gasteiger partial charge in [-0.25, -0.2) is 0 Å². The van der Waals surface area contributed by atoms with E-state index in [-0.39, 0.29) is 26.1 Å². The Hall–Kier alpha value is -2.34. The molecule has 0 aliphatic carbocycles. The Morgan fingerprint density at radius 3 is 1.65 bits per heavy atom. The summed E-state index contributed by atoms with van der Waals surface area (Å²) in [7, 11) is 0. The molecule has 4 N–H and O–H groups in total. The number of carbonyl (C=O) groups excluding carboxylic acids is 2. The van der Waals surface area contributed by atoms with Crippen molar-refractivity contribution in [2.24, 2.45) is 0 Å². The molecule has 1 fully saturated rings. The molecule has 2 unspecified atom stereocenters. The first-order valence-electron chi connectivity index (χ1n) is 21.7. The molecule has 0 aromatic heterocycles. The van der Waals surface area contributed by atoms with E-state index in [4.69, 9.17) is 18.9 Å². The molecule has 6 atom stereocenters. The molecule has 10 nitrogen and oxygen atoms in total. The van der Waals surface area contributed by atoms with E-state index in [1.165, 1.54) is 51.4 Å². The van der Waals surface area contributed by atoms with Crippen molar-refractivity contribution < 1.29 is 49.0 Å². The minimum atomic E-state index is -1.60. The number of unbranched alkanes of at least 4 members (excludes halogenated alkanes) is 16. The zero-order valence-corrected chi connectivity index (χ0v) is 34.4. The molecule has 1 saturated heterocycles. The van der Waals surface area contributed by atoms with Crippen LogP contribution in [-0.2, 0) is 28.5 Å². The predicted molar refractivity (Wildman–Crippen MR) is 219 cm³/mol. The lowest BCUT2D eigenvalue weighted by Crippen LogP contribution is -2.59. The number of ether oxygens (including phenoxy) is 4. The van der Waals surface area contributed by atoms with Gasteiger partial charge in [-0.2, -0.15) is 0 Å². The van der Waals surface area contributed by atoms with Gasteiger partial charge in [-0.3, -0.25) is 9.59 Å². The number of hydrogen-bond donors (Lipinski definition) is 4. The van der Waals surface area contributed by atoms with E-state index in [1.807, 2.05) is 0 Å². The summed E-state index contributed by atoms with van der Waals surface area (Å²) < 4.78 is 22.1. The van der Waals surface area contributed by atoms with Gasteiger partial charge in [0.25, 0.3) is 0 Å². The van der Waals surface area contributed by atoms with Crippen molar-refractivity contribution in [3.63, 3.8) is 0 Å². The molecule has 0 spiro atoms. The summed E-state index contributed by atoms with van der Waals surface area (Å²) in [5.41, 5.74) is 0. The lowest BCUT2D eigenvalue weighted by molar-refractivity contribution is -0.305. The molecule has 318 valence electrons. The number of aliphatic hydroxyl groups excluding tert-OH is 4. The summed E-state index contributed by atoms with van der Waals surface area (Å²) in [5.74, 6) is -0.847. The molecule has 0 amide bonds. The predicted octanol–water partition coefficient (Wildman–Crippen LogP) is 8.88. The van der Waals surface area contributed by atoms with Crippen molar-refractivity contribution in [2.45, 2.75) is 205 Å². The van der Waals surface area contributed by atoms with Crippen LogP contribution in [0.2, 0.25) is 0 Å². The normalized spacial score (nSPS) is 21.0. The van der Waals surface area contributed by atoms with Crippen LogP contribution in [0.4, 0.5) is 0 Å². The van der Waals surface area contributed by atoms with Crippen molar-refractivity contribution in [3.8, 4) is 0 Å². The quantitative estimate of drug-likeness (QED) is 0.0279. The number of rotatable bonds is 35. The molecule has 1 heterocycles. The number of hydrogen-bond acceptors (Lipinski definition) is 10. The van der Waals surface area contributed by atoms with E-state index < -0.39 is 55.4 Å². The lowest BCUT2D eigenvalue weighted by Gasteiger charge is -2.39. The molecular weight excluding hydrogens is 700 g/mol. The van der Waals surface area contributed by atoms with Crippen LogP contribution in [-0.4, -0.2) is 89.0 Å². The molecule has 1 rings (SSSR count). The van der Waals surface area contributed by atoms with Gasteiger partial charge in [0.2, 0.25) is 0 Å². The van der Waals surface area contributed by atoms with Crippen molar-refractivity contribution in [2.75, 3.05) is 19.8 Å². The monoisotopic (exact) mass is 779 g/mol. The van der Waals surface area contributed by atoms with Crippen LogP contribution in [0.1, 0.15) is 168 Å². The molecule has 0 bridgehead atoms. The van der Waals surface area contributed by atoms with Crippen LogP contribution >= 0.6 is 0 Å². The van der Waals surface area contributed by atoms with Gasteiger partial charge in [0.1, 0.15) is 31.0 Å². The van der Waals surface area contributed by atoms with E-state index in [0.29, 0.717) is 12.8 Å². The average Bonchev–Trinajstić information content (AvgIpc) is 3.18. The van der Waals surface area contributed by atoms with Gasteiger partial charge in [0.05, 0.1) is 13.2 Å². The first-order valence-corrected chi connectivity index (χ1v) is 21.7. The summed E-state index contributed by atoms with van der Waals surface area (Å²) in [6.45, 7) is 3.27. The Kier molecular flexibility index (Phi) is 33.2. The van der Waals surface area contributed by atoms with Crippen LogP contribution in [0.15, 0.2) is 48.6 Å². The molecule has 55 heavy (non-hydrogen) atoms. The fourth-order valence-corrected chi connectivity index (χ4v) is 6.25. The molecular formula is C45H78O10. The van der Waals surface area contributed by atoms with Gasteiger partial charge in [-0.15, -0.1) is 0 Å². The van der Waals surface area contributed by atoms with Crippen molar-refractivity contribution in [1.29, 1.82) is 0 Å². The summed E-state index contributed by atoms with van der Waals surface area (Å²) in [5, 5.41) is 40.0. The van der Waals surface area contributed by atoms with Crippen LogP contribution in [0.5, 0.6) is 0 Å². The second kappa shape index (κ2) is 36.0. The summed E-state index contributed by atoms with van der Waals surface area (Å²) in [6, 6.07) is 0. The van der Waals surface area contributed by atoms with E-state index in [2.05, 4.69) is 62.5 Å². The highest BCUT2D eigenvalue weighted by Crippen LogP contribution is 2.22. The summed E-state index contributed by atoms with van der Waals surface area (Å²) in [6.07, 6.45) is 34.0. The van der Waals surface area contributed by atoms with E-state index in [9.17, 15) is 30.0 Å². The molecule has 0 aromatic carbocycles. The highest BCUT2D eigenvalue weighted by molar-refractivity contribution is 5.70. The largest absolute Gasteiger partial charge is 0.462 e. The van der Waals surface area contributed by atoms with Crippen molar-refractivity contribution in [1.82, 2.24) is 0 Å². The minimum absolute atomic E-state index is 0.206. The van der Waals surface area contributed by atoms with Crippen molar-refractivity contribution in [3.05, 3.63) is 48.6 Å². The third-order valence-corrected chi connectivity index (χ3v) is 9.70. The van der Waals surface area contributed by atoms with Gasteiger partial charge in [-0.1, -0.05) is 133 Å². The maximum atomic E-state index is 12.7. The molecule has 10 heteroatoms. The van der Waals surface area contributed by atoms with Crippen LogP contribution < -0.4 is 0 Å². The average molecular weight is 779 g/mol. The third kappa shape index (κ3) is 27.8. The maximum Gasteiger partial charge on any atom is 0.306 e. The number of carbonyl (C=O) groups is 2. The number of aliphatic hydroxyl groups is 4. The smallest absolute Gasteiger partial charge is 0.306 e. The highest BCUT2D eigenvalue weighted by Gasteiger charge is 2.44. The van der Waals surface area contributed by atoms with Gasteiger partial charge in [0, 0.05) is 12.8 Å². The number of esters is 2. The first-order chi connectivity index (χ1) is 26.8.